The van der Waals surface area contributed by atoms with Gasteiger partial charge in [-0.2, -0.15) is 5.10 Å². The lowest BCUT2D eigenvalue weighted by molar-refractivity contribution is -0.122. The van der Waals surface area contributed by atoms with Crippen LogP contribution in [0.4, 0.5) is 0 Å². The Morgan fingerprint density at radius 1 is 0.972 bits per heavy atom. The molecule has 0 spiro atoms. The summed E-state index contributed by atoms with van der Waals surface area (Å²) in [5.74, 6) is -0.0226. The summed E-state index contributed by atoms with van der Waals surface area (Å²) in [6.45, 7) is 17.2. The third-order valence-electron chi connectivity index (χ3n) is 6.53. The number of carbonyl (C=O) groups excluding carboxylic acids is 2. The van der Waals surface area contributed by atoms with Crippen LogP contribution in [0.3, 0.4) is 0 Å². The monoisotopic (exact) mass is 492 g/mol. The molecule has 1 saturated heterocycles. The van der Waals surface area contributed by atoms with Crippen molar-refractivity contribution >= 4 is 18.0 Å². The molecule has 36 heavy (non-hydrogen) atoms. The summed E-state index contributed by atoms with van der Waals surface area (Å²) < 4.78 is 0. The molecule has 0 unspecified atom stereocenters. The summed E-state index contributed by atoms with van der Waals surface area (Å²) in [7, 11) is 0. The minimum Gasteiger partial charge on any atom is -0.507 e. The first kappa shape index (κ1) is 27.4. The van der Waals surface area contributed by atoms with Gasteiger partial charge in [0, 0.05) is 42.9 Å². The number of hydrogen-bond donors (Lipinski definition) is 2. The number of aryl methyl sites for hydroxylation is 1. The number of nitrogens with zero attached hydrogens (tertiary/aromatic N) is 3. The van der Waals surface area contributed by atoms with Gasteiger partial charge in [-0.15, -0.1) is 0 Å². The van der Waals surface area contributed by atoms with Gasteiger partial charge in [0.2, 0.25) is 0 Å². The summed E-state index contributed by atoms with van der Waals surface area (Å²) in [6, 6.07) is 11.6. The van der Waals surface area contributed by atoms with Crippen molar-refractivity contribution in [2.45, 2.75) is 59.3 Å². The van der Waals surface area contributed by atoms with Crippen LogP contribution in [0.5, 0.6) is 5.75 Å². The molecule has 2 aromatic carbocycles. The molecule has 0 radical (unpaired) electrons. The number of carbonyl (C=O) groups is 2. The predicted octanol–water partition coefficient (Wildman–Crippen LogP) is 4.20. The molecule has 2 aromatic rings. The lowest BCUT2D eigenvalue weighted by Gasteiger charge is -2.34. The van der Waals surface area contributed by atoms with Crippen molar-refractivity contribution in [2.24, 2.45) is 5.10 Å². The largest absolute Gasteiger partial charge is 0.507 e. The van der Waals surface area contributed by atoms with Gasteiger partial charge in [0.25, 0.3) is 11.8 Å². The number of hydrogen-bond acceptors (Lipinski definition) is 5. The van der Waals surface area contributed by atoms with E-state index in [1.165, 1.54) is 6.21 Å². The Balaban J connectivity index is 1.57. The van der Waals surface area contributed by atoms with Crippen molar-refractivity contribution in [3.8, 4) is 5.75 Å². The van der Waals surface area contributed by atoms with Crippen LogP contribution in [0.25, 0.3) is 0 Å². The molecule has 3 rings (SSSR count). The van der Waals surface area contributed by atoms with E-state index in [2.05, 4.69) is 58.1 Å². The van der Waals surface area contributed by atoms with Crippen molar-refractivity contribution in [1.29, 1.82) is 0 Å². The molecule has 7 heteroatoms. The second-order valence-corrected chi connectivity index (χ2v) is 11.7. The number of amides is 2. The van der Waals surface area contributed by atoms with E-state index in [1.807, 2.05) is 47.1 Å². The van der Waals surface area contributed by atoms with Crippen LogP contribution in [-0.2, 0) is 15.6 Å². The van der Waals surface area contributed by atoms with E-state index < -0.39 is 0 Å². The lowest BCUT2D eigenvalue weighted by Crippen LogP contribution is -2.50. The zero-order chi connectivity index (χ0) is 26.7. The Morgan fingerprint density at radius 3 is 2.14 bits per heavy atom. The average molecular weight is 493 g/mol. The zero-order valence-corrected chi connectivity index (χ0v) is 22.7. The standard InChI is InChI=1S/C29H40N4O3/c1-20-8-10-21(11-9-20)27(36)33-14-12-32(13-15-33)19-25(34)31-30-18-22-16-23(28(2,3)4)17-24(26(22)35)29(5,6)7/h8-11,16-18,35H,12-15,19H2,1-7H3,(H,31,34)/b30-18+. The summed E-state index contributed by atoms with van der Waals surface area (Å²) in [6.07, 6.45) is 1.51. The fourth-order valence-electron chi connectivity index (χ4n) is 4.16. The number of benzene rings is 2. The number of rotatable bonds is 5. The van der Waals surface area contributed by atoms with Gasteiger partial charge in [-0.3, -0.25) is 14.5 Å². The molecule has 0 bridgehead atoms. The number of hydrazone groups is 1. The second-order valence-electron chi connectivity index (χ2n) is 11.7. The summed E-state index contributed by atoms with van der Waals surface area (Å²) in [4.78, 5) is 29.0. The molecule has 194 valence electrons. The van der Waals surface area contributed by atoms with Crippen LogP contribution in [0, 0.1) is 6.92 Å². The second kappa shape index (κ2) is 10.8. The molecule has 2 amide bonds. The first-order valence-corrected chi connectivity index (χ1v) is 12.5. The third kappa shape index (κ3) is 6.94. The minimum absolute atomic E-state index is 0.0237. The van der Waals surface area contributed by atoms with Gasteiger partial charge in [0.1, 0.15) is 5.75 Å². The number of phenolic OH excluding ortho intramolecular Hbond substituents is 1. The Morgan fingerprint density at radius 2 is 1.58 bits per heavy atom. The van der Waals surface area contributed by atoms with Crippen LogP contribution in [-0.4, -0.2) is 65.7 Å². The number of phenols is 1. The topological polar surface area (TPSA) is 85.2 Å². The van der Waals surface area contributed by atoms with Gasteiger partial charge in [0.05, 0.1) is 12.8 Å². The predicted molar refractivity (Wildman–Crippen MR) is 145 cm³/mol. The van der Waals surface area contributed by atoms with Gasteiger partial charge in [-0.25, -0.2) is 5.43 Å². The highest BCUT2D eigenvalue weighted by atomic mass is 16.3. The van der Waals surface area contributed by atoms with E-state index in [4.69, 9.17) is 0 Å². The summed E-state index contributed by atoms with van der Waals surface area (Å²) >= 11 is 0. The Bertz CT molecular complexity index is 1120. The molecular formula is C29H40N4O3. The molecule has 7 nitrogen and oxygen atoms in total. The first-order valence-electron chi connectivity index (χ1n) is 12.5. The fraction of sp³-hybridized carbons (Fsp3) is 0.483. The molecule has 1 fully saturated rings. The van der Waals surface area contributed by atoms with Crippen LogP contribution in [0.15, 0.2) is 41.5 Å². The number of aromatic hydroxyl groups is 1. The fourth-order valence-corrected chi connectivity index (χ4v) is 4.16. The highest BCUT2D eigenvalue weighted by molar-refractivity contribution is 5.94. The molecule has 0 atom stereocenters. The van der Waals surface area contributed by atoms with Gasteiger partial charge in [-0.1, -0.05) is 65.3 Å². The maximum atomic E-state index is 12.7. The molecule has 1 aliphatic heterocycles. The maximum absolute atomic E-state index is 12.7. The quantitative estimate of drug-likeness (QED) is 0.484. The Labute approximate surface area is 215 Å². The molecule has 1 heterocycles. The van der Waals surface area contributed by atoms with E-state index in [1.54, 1.807) is 0 Å². The zero-order valence-electron chi connectivity index (χ0n) is 22.7. The van der Waals surface area contributed by atoms with E-state index in [9.17, 15) is 14.7 Å². The number of nitrogens with one attached hydrogen (secondary N) is 1. The molecular weight excluding hydrogens is 452 g/mol. The smallest absolute Gasteiger partial charge is 0.254 e. The van der Waals surface area contributed by atoms with Crippen LogP contribution >= 0.6 is 0 Å². The lowest BCUT2D eigenvalue weighted by atomic mass is 9.79. The maximum Gasteiger partial charge on any atom is 0.254 e. The van der Waals surface area contributed by atoms with Crippen molar-refractivity contribution in [3.05, 3.63) is 64.2 Å². The molecule has 1 aliphatic rings. The van der Waals surface area contributed by atoms with Crippen LogP contribution < -0.4 is 5.43 Å². The average Bonchev–Trinajstić information content (AvgIpc) is 2.79. The highest BCUT2D eigenvalue weighted by Gasteiger charge is 2.25. The van der Waals surface area contributed by atoms with E-state index >= 15 is 0 Å². The normalized spacial score (nSPS) is 15.4. The molecule has 0 aliphatic carbocycles. The van der Waals surface area contributed by atoms with Crippen molar-refractivity contribution < 1.29 is 14.7 Å². The van der Waals surface area contributed by atoms with E-state index in [0.29, 0.717) is 37.3 Å². The number of piperazine rings is 1. The first-order chi connectivity index (χ1) is 16.8. The van der Waals surface area contributed by atoms with Gasteiger partial charge >= 0.3 is 0 Å². The molecule has 0 saturated carbocycles. The minimum atomic E-state index is -0.236. The Kier molecular flexibility index (Phi) is 8.24. The summed E-state index contributed by atoms with van der Waals surface area (Å²) in [5, 5.41) is 15.0. The van der Waals surface area contributed by atoms with Gasteiger partial charge in [0.15, 0.2) is 0 Å². The SMILES string of the molecule is Cc1ccc(C(=O)N2CCN(CC(=O)N/N=C/c3cc(C(C)(C)C)cc(C(C)(C)C)c3O)CC2)cc1. The van der Waals surface area contributed by atoms with Gasteiger partial charge < -0.3 is 10.0 Å². The third-order valence-corrected chi connectivity index (χ3v) is 6.53. The van der Waals surface area contributed by atoms with Crippen molar-refractivity contribution in [3.63, 3.8) is 0 Å². The Hall–Kier alpha value is -3.19. The van der Waals surface area contributed by atoms with Crippen molar-refractivity contribution in [2.75, 3.05) is 32.7 Å². The van der Waals surface area contributed by atoms with E-state index in [0.717, 1.165) is 16.7 Å². The van der Waals surface area contributed by atoms with Crippen LogP contribution in [0.2, 0.25) is 0 Å². The van der Waals surface area contributed by atoms with Gasteiger partial charge in [-0.05, 0) is 41.5 Å². The molecule has 0 aromatic heterocycles. The highest BCUT2D eigenvalue weighted by Crippen LogP contribution is 2.37. The van der Waals surface area contributed by atoms with E-state index in [-0.39, 0.29) is 34.9 Å². The summed E-state index contributed by atoms with van der Waals surface area (Å²) in [5.41, 5.74) is 6.59. The van der Waals surface area contributed by atoms with Crippen LogP contribution in [0.1, 0.15) is 74.2 Å². The van der Waals surface area contributed by atoms with Crippen molar-refractivity contribution in [1.82, 2.24) is 15.2 Å². The molecule has 2 N–H and O–H groups in total.